The van der Waals surface area contributed by atoms with Gasteiger partial charge in [0.05, 0.1) is 4.90 Å². The molecule has 1 amide bonds. The van der Waals surface area contributed by atoms with Crippen LogP contribution in [0.25, 0.3) is 0 Å². The number of amides is 1. The van der Waals surface area contributed by atoms with Crippen molar-refractivity contribution in [2.24, 2.45) is 5.14 Å². The number of nitrogens with two attached hydrogens (primary N) is 1. The van der Waals surface area contributed by atoms with Crippen molar-refractivity contribution < 1.29 is 13.2 Å². The molecule has 0 aromatic heterocycles. The van der Waals surface area contributed by atoms with Crippen LogP contribution in [0.5, 0.6) is 0 Å². The Labute approximate surface area is 118 Å². The van der Waals surface area contributed by atoms with E-state index in [4.69, 9.17) is 16.7 Å². The minimum atomic E-state index is -3.90. The van der Waals surface area contributed by atoms with Crippen molar-refractivity contribution in [2.75, 3.05) is 0 Å². The molecule has 1 aromatic rings. The lowest BCUT2D eigenvalue weighted by molar-refractivity contribution is 0.0938. The Kier molecular flexibility index (Phi) is 4.95. The molecule has 0 aliphatic rings. The van der Waals surface area contributed by atoms with Crippen LogP contribution in [0.2, 0.25) is 5.02 Å². The van der Waals surface area contributed by atoms with Crippen molar-refractivity contribution in [3.8, 4) is 0 Å². The van der Waals surface area contributed by atoms with Gasteiger partial charge in [-0.25, -0.2) is 13.6 Å². The number of primary sulfonamides is 1. The molecule has 0 aliphatic carbocycles. The van der Waals surface area contributed by atoms with Gasteiger partial charge in [-0.3, -0.25) is 4.79 Å². The molecule has 0 aliphatic heterocycles. The molecule has 0 bridgehead atoms. The molecule has 5 nitrogen and oxygen atoms in total. The van der Waals surface area contributed by atoms with Gasteiger partial charge in [0, 0.05) is 16.6 Å². The fourth-order valence-electron chi connectivity index (χ4n) is 1.46. The summed E-state index contributed by atoms with van der Waals surface area (Å²) >= 11 is 5.94. The van der Waals surface area contributed by atoms with Crippen LogP contribution in [0.15, 0.2) is 17.0 Å². The molecule has 0 heterocycles. The summed E-state index contributed by atoms with van der Waals surface area (Å²) in [5.74, 6) is -0.362. The average Bonchev–Trinajstić information content (AvgIpc) is 2.30. The van der Waals surface area contributed by atoms with E-state index in [0.29, 0.717) is 5.56 Å². The molecule has 1 unspecified atom stereocenters. The first-order valence-corrected chi connectivity index (χ1v) is 7.73. The molecule has 0 fully saturated rings. The van der Waals surface area contributed by atoms with Crippen LogP contribution in [0, 0.1) is 6.92 Å². The number of hydrogen-bond acceptors (Lipinski definition) is 3. The third kappa shape index (κ3) is 3.92. The fraction of sp³-hybridized carbons (Fsp3) is 0.417. The summed E-state index contributed by atoms with van der Waals surface area (Å²) in [4.78, 5) is 11.9. The highest BCUT2D eigenvalue weighted by Crippen LogP contribution is 2.24. The van der Waals surface area contributed by atoms with Crippen molar-refractivity contribution in [3.05, 3.63) is 28.3 Å². The van der Waals surface area contributed by atoms with E-state index in [1.807, 2.05) is 13.8 Å². The summed E-state index contributed by atoms with van der Waals surface area (Å²) in [6.07, 6.45) is 0.771. The van der Waals surface area contributed by atoms with Crippen LogP contribution in [0.3, 0.4) is 0 Å². The normalized spacial score (nSPS) is 13.1. The first kappa shape index (κ1) is 15.9. The van der Waals surface area contributed by atoms with Gasteiger partial charge in [-0.1, -0.05) is 18.5 Å². The van der Waals surface area contributed by atoms with Crippen molar-refractivity contribution in [1.29, 1.82) is 0 Å². The lowest BCUT2D eigenvalue weighted by Gasteiger charge is -2.14. The number of rotatable bonds is 4. The maximum atomic E-state index is 12.1. The summed E-state index contributed by atoms with van der Waals surface area (Å²) < 4.78 is 22.7. The SMILES string of the molecule is CCC(C)NC(=O)c1cc(S(N)(=O)=O)cc(Cl)c1C. The zero-order chi connectivity index (χ0) is 14.8. The smallest absolute Gasteiger partial charge is 0.251 e. The Balaban J connectivity index is 3.27. The maximum absolute atomic E-state index is 12.1. The number of halogens is 1. The molecule has 19 heavy (non-hydrogen) atoms. The van der Waals surface area contributed by atoms with Gasteiger partial charge in [-0.2, -0.15) is 0 Å². The standard InChI is InChI=1S/C12H17ClN2O3S/c1-4-7(2)15-12(16)10-5-9(19(14,17)18)6-11(13)8(10)3/h5-7H,4H2,1-3H3,(H,15,16)(H2,14,17,18). The Morgan fingerprint density at radius 2 is 2.05 bits per heavy atom. The van der Waals surface area contributed by atoms with Gasteiger partial charge in [0.25, 0.3) is 5.91 Å². The summed E-state index contributed by atoms with van der Waals surface area (Å²) in [5, 5.41) is 8.01. The number of hydrogen-bond donors (Lipinski definition) is 2. The largest absolute Gasteiger partial charge is 0.350 e. The molecule has 0 saturated carbocycles. The van der Waals surface area contributed by atoms with Crippen molar-refractivity contribution in [3.63, 3.8) is 0 Å². The zero-order valence-corrected chi connectivity index (χ0v) is 12.6. The number of sulfonamides is 1. The van der Waals surface area contributed by atoms with Gasteiger partial charge < -0.3 is 5.32 Å². The van der Waals surface area contributed by atoms with E-state index in [1.165, 1.54) is 12.1 Å². The third-order valence-corrected chi connectivity index (χ3v) is 4.17. The van der Waals surface area contributed by atoms with E-state index in [-0.39, 0.29) is 27.4 Å². The first-order chi connectivity index (χ1) is 8.66. The molecule has 0 radical (unpaired) electrons. The molecular weight excluding hydrogens is 288 g/mol. The monoisotopic (exact) mass is 304 g/mol. The minimum Gasteiger partial charge on any atom is -0.350 e. The molecule has 7 heteroatoms. The van der Waals surface area contributed by atoms with E-state index >= 15 is 0 Å². The van der Waals surface area contributed by atoms with Crippen molar-refractivity contribution in [1.82, 2.24) is 5.32 Å². The molecule has 1 rings (SSSR count). The molecular formula is C12H17ClN2O3S. The van der Waals surface area contributed by atoms with E-state index in [2.05, 4.69) is 5.32 Å². The van der Waals surface area contributed by atoms with Crippen LogP contribution in [-0.2, 0) is 10.0 Å². The predicted octanol–water partition coefficient (Wildman–Crippen LogP) is 1.82. The predicted molar refractivity (Wildman–Crippen MR) is 74.8 cm³/mol. The highest BCUT2D eigenvalue weighted by Gasteiger charge is 2.18. The van der Waals surface area contributed by atoms with Crippen molar-refractivity contribution >= 4 is 27.5 Å². The van der Waals surface area contributed by atoms with Gasteiger partial charge in [-0.15, -0.1) is 0 Å². The topological polar surface area (TPSA) is 89.3 Å². The van der Waals surface area contributed by atoms with Gasteiger partial charge in [0.2, 0.25) is 10.0 Å². The number of benzene rings is 1. The molecule has 1 aromatic carbocycles. The number of carbonyl (C=O) groups is 1. The lowest BCUT2D eigenvalue weighted by atomic mass is 10.1. The fourth-order valence-corrected chi connectivity index (χ4v) is 2.31. The lowest BCUT2D eigenvalue weighted by Crippen LogP contribution is -2.32. The zero-order valence-electron chi connectivity index (χ0n) is 11.0. The second kappa shape index (κ2) is 5.90. The van der Waals surface area contributed by atoms with Crippen LogP contribution in [0.1, 0.15) is 36.2 Å². The molecule has 106 valence electrons. The Bertz CT molecular complexity index is 599. The highest BCUT2D eigenvalue weighted by atomic mass is 35.5. The first-order valence-electron chi connectivity index (χ1n) is 5.80. The van der Waals surface area contributed by atoms with E-state index < -0.39 is 10.0 Å². The van der Waals surface area contributed by atoms with Crippen LogP contribution >= 0.6 is 11.6 Å². The molecule has 0 spiro atoms. The van der Waals surface area contributed by atoms with Gasteiger partial charge in [-0.05, 0) is 38.0 Å². The summed E-state index contributed by atoms with van der Waals surface area (Å²) in [6.45, 7) is 5.45. The summed E-state index contributed by atoms with van der Waals surface area (Å²) in [5.41, 5.74) is 0.742. The molecule has 3 N–H and O–H groups in total. The van der Waals surface area contributed by atoms with Crippen molar-refractivity contribution in [2.45, 2.75) is 38.1 Å². The van der Waals surface area contributed by atoms with Gasteiger partial charge >= 0.3 is 0 Å². The van der Waals surface area contributed by atoms with Crippen LogP contribution < -0.4 is 10.5 Å². The van der Waals surface area contributed by atoms with E-state index in [1.54, 1.807) is 6.92 Å². The Hall–Kier alpha value is -1.11. The summed E-state index contributed by atoms with van der Waals surface area (Å²) in [6, 6.07) is 2.48. The number of carbonyl (C=O) groups excluding carboxylic acids is 1. The Morgan fingerprint density at radius 3 is 2.53 bits per heavy atom. The highest BCUT2D eigenvalue weighted by molar-refractivity contribution is 7.89. The average molecular weight is 305 g/mol. The van der Waals surface area contributed by atoms with Gasteiger partial charge in [0.1, 0.15) is 0 Å². The summed E-state index contributed by atoms with van der Waals surface area (Å²) in [7, 11) is -3.90. The maximum Gasteiger partial charge on any atom is 0.251 e. The van der Waals surface area contributed by atoms with Crippen LogP contribution in [-0.4, -0.2) is 20.4 Å². The minimum absolute atomic E-state index is 0.0104. The van der Waals surface area contributed by atoms with E-state index in [9.17, 15) is 13.2 Å². The molecule has 0 saturated heterocycles. The van der Waals surface area contributed by atoms with Gasteiger partial charge in [0.15, 0.2) is 0 Å². The number of nitrogens with one attached hydrogen (secondary N) is 1. The van der Waals surface area contributed by atoms with Crippen LogP contribution in [0.4, 0.5) is 0 Å². The second-order valence-corrected chi connectivity index (χ2v) is 6.37. The van der Waals surface area contributed by atoms with E-state index in [0.717, 1.165) is 6.42 Å². The molecule has 1 atom stereocenters. The second-order valence-electron chi connectivity index (χ2n) is 4.41. The quantitative estimate of drug-likeness (QED) is 0.889. The Morgan fingerprint density at radius 1 is 1.47 bits per heavy atom. The third-order valence-electron chi connectivity index (χ3n) is 2.88.